The molecule has 0 atom stereocenters. The molecule has 0 heterocycles. The third-order valence-corrected chi connectivity index (χ3v) is 0. The molecule has 0 saturated carbocycles. The van der Waals surface area contributed by atoms with Gasteiger partial charge in [0.2, 0.25) is 0 Å². The third kappa shape index (κ3) is 425. The first-order valence-corrected chi connectivity index (χ1v) is 1.39. The summed E-state index contributed by atoms with van der Waals surface area (Å²) in [7, 11) is 9.00. The first-order chi connectivity index (χ1) is 2.83. The predicted octanol–water partition coefficient (Wildman–Crippen LogP) is 2.12. The Labute approximate surface area is 85.2 Å². The maximum atomic E-state index is 4.00. The van der Waals surface area contributed by atoms with Crippen LogP contribution in [0.1, 0.15) is 14.9 Å². The minimum absolute atomic E-state index is 0. The fourth-order valence-corrected chi connectivity index (χ4v) is 0. The third-order valence-electron chi connectivity index (χ3n) is 0. The van der Waals surface area contributed by atoms with Gasteiger partial charge in [0.05, 0.1) is 0 Å². The summed E-state index contributed by atoms with van der Waals surface area (Å²) in [6, 6.07) is 0. The van der Waals surface area contributed by atoms with Gasteiger partial charge in [0.25, 0.3) is 0 Å². The van der Waals surface area contributed by atoms with Gasteiger partial charge in [0, 0.05) is 32.7 Å². The van der Waals surface area contributed by atoms with Crippen molar-refractivity contribution in [3.63, 3.8) is 0 Å². The van der Waals surface area contributed by atoms with Crippen LogP contribution in [0.3, 0.4) is 0 Å². The second-order valence-corrected chi connectivity index (χ2v) is 0.577. The Morgan fingerprint density at radius 1 is 0.889 bits per heavy atom. The monoisotopic (exact) mass is 211 g/mol. The largest absolute Gasteiger partial charge is 0.557 e. The van der Waals surface area contributed by atoms with Crippen molar-refractivity contribution < 1.29 is 42.2 Å². The molecule has 9 heavy (non-hydrogen) atoms. The van der Waals surface area contributed by atoms with E-state index in [1.54, 1.807) is 0 Å². The average Bonchev–Trinajstić information content (AvgIpc) is 1.39. The minimum Gasteiger partial charge on any atom is -0.557 e. The van der Waals surface area contributed by atoms with Gasteiger partial charge in [-0.2, -0.15) is 0 Å². The molecule has 2 nitrogen and oxygen atoms in total. The molecule has 0 aliphatic heterocycles. The molecule has 0 N–H and O–H groups in total. The molecule has 0 aromatic carbocycles. The summed E-state index contributed by atoms with van der Waals surface area (Å²) in [6.07, 6.45) is 0. The van der Waals surface area contributed by atoms with E-state index in [4.69, 9.17) is 0 Å². The van der Waals surface area contributed by atoms with Crippen LogP contribution in [0, 0.1) is 14.2 Å². The summed E-state index contributed by atoms with van der Waals surface area (Å²) in [5.41, 5.74) is 0. The van der Waals surface area contributed by atoms with E-state index in [0.29, 0.717) is 0 Å². The molecule has 0 rings (SSSR count). The Morgan fingerprint density at radius 2 is 0.889 bits per heavy atom. The molecule has 3 heteroatoms. The summed E-state index contributed by atoms with van der Waals surface area (Å²) >= 11 is 0. The quantitative estimate of drug-likeness (QED) is 0.571. The van der Waals surface area contributed by atoms with Crippen LogP contribution in [0.15, 0.2) is 0 Å². The van der Waals surface area contributed by atoms with Gasteiger partial charge in [-0.1, -0.05) is 14.9 Å². The normalized spacial score (nSPS) is 4.00. The van der Waals surface area contributed by atoms with Crippen LogP contribution >= 0.6 is 0 Å². The van der Waals surface area contributed by atoms with Gasteiger partial charge >= 0.3 is 0 Å². The fraction of sp³-hybridized carbons (Fsp3) is 0.667. The zero-order chi connectivity index (χ0) is 5.41. The summed E-state index contributed by atoms with van der Waals surface area (Å²) in [4.78, 5) is 0. The number of hydrogen-bond acceptors (Lipinski definition) is 2. The number of rotatable bonds is 0. The molecule has 0 fully saturated rings. The van der Waals surface area contributed by atoms with Crippen molar-refractivity contribution in [1.29, 1.82) is 0 Å². The van der Waals surface area contributed by atoms with E-state index < -0.39 is 0 Å². The first-order valence-electron chi connectivity index (χ1n) is 1.39. The Hall–Kier alpha value is 1.02. The second-order valence-electron chi connectivity index (χ2n) is 0.577. The number of hydrogen-bond donors (Lipinski definition) is 0. The summed E-state index contributed by atoms with van der Waals surface area (Å²) < 4.78 is 8.00. The molecule has 0 aromatic heterocycles. The van der Waals surface area contributed by atoms with Crippen molar-refractivity contribution >= 4 is 0 Å². The van der Waals surface area contributed by atoms with Crippen molar-refractivity contribution in [2.75, 3.05) is 14.2 Å². The SMILES string of the molecule is C.C.[CH2-]OC.[CH2-]OC.[Y]. The molecule has 0 amide bonds. The molecule has 0 aliphatic carbocycles. The summed E-state index contributed by atoms with van der Waals surface area (Å²) in [5.74, 6) is 0. The van der Waals surface area contributed by atoms with Crippen molar-refractivity contribution in [3.8, 4) is 0 Å². The molecular formula is C6H18O2Y-2. The molecule has 0 spiro atoms. The van der Waals surface area contributed by atoms with Gasteiger partial charge in [-0.05, 0) is 14.2 Å². The molecule has 0 bridgehead atoms. The smallest absolute Gasteiger partial charge is 0 e. The van der Waals surface area contributed by atoms with Crippen molar-refractivity contribution in [3.05, 3.63) is 14.2 Å². The van der Waals surface area contributed by atoms with Crippen LogP contribution in [-0.2, 0) is 42.2 Å². The first kappa shape index (κ1) is 32.3. The molecule has 0 aromatic rings. The molecular weight excluding hydrogens is 193 g/mol. The molecule has 59 valence electrons. The Kier molecular flexibility index (Phi) is 228. The van der Waals surface area contributed by atoms with E-state index in [1.807, 2.05) is 0 Å². The zero-order valence-electron chi connectivity index (χ0n) is 4.81. The maximum absolute atomic E-state index is 4.00. The number of ether oxygens (including phenoxy) is 2. The minimum atomic E-state index is 0. The van der Waals surface area contributed by atoms with Gasteiger partial charge in [0.1, 0.15) is 0 Å². The van der Waals surface area contributed by atoms with E-state index in [1.165, 1.54) is 14.2 Å². The Morgan fingerprint density at radius 3 is 0.889 bits per heavy atom. The van der Waals surface area contributed by atoms with Gasteiger partial charge in [0.15, 0.2) is 0 Å². The topological polar surface area (TPSA) is 18.5 Å². The molecule has 0 aliphatic rings. The van der Waals surface area contributed by atoms with Crippen molar-refractivity contribution in [2.24, 2.45) is 0 Å². The standard InChI is InChI=1S/2C2H5O.2CH4.Y/c2*1-3-2;;;/h2*1H2,2H3;2*1H4;/q2*-1;;;. The Balaban J connectivity index is -0.00000000889. The van der Waals surface area contributed by atoms with Crippen molar-refractivity contribution in [1.82, 2.24) is 0 Å². The van der Waals surface area contributed by atoms with E-state index >= 15 is 0 Å². The van der Waals surface area contributed by atoms with E-state index in [-0.39, 0.29) is 47.6 Å². The predicted molar refractivity (Wildman–Crippen MR) is 38.2 cm³/mol. The van der Waals surface area contributed by atoms with Crippen LogP contribution < -0.4 is 0 Å². The maximum Gasteiger partial charge on any atom is 0 e. The van der Waals surface area contributed by atoms with Gasteiger partial charge in [-0.25, -0.2) is 14.2 Å². The summed E-state index contributed by atoms with van der Waals surface area (Å²) in [5, 5.41) is 0. The average molecular weight is 211 g/mol. The van der Waals surface area contributed by atoms with E-state index in [2.05, 4.69) is 23.7 Å². The van der Waals surface area contributed by atoms with Gasteiger partial charge in [-0.15, -0.1) is 0 Å². The van der Waals surface area contributed by atoms with Gasteiger partial charge in [-0.3, -0.25) is 0 Å². The van der Waals surface area contributed by atoms with Crippen LogP contribution in [0.25, 0.3) is 0 Å². The van der Waals surface area contributed by atoms with Gasteiger partial charge < -0.3 is 9.47 Å². The fourth-order valence-electron chi connectivity index (χ4n) is 0. The second kappa shape index (κ2) is 63.5. The molecule has 0 unspecified atom stereocenters. The van der Waals surface area contributed by atoms with Crippen LogP contribution in [0.5, 0.6) is 0 Å². The van der Waals surface area contributed by atoms with E-state index in [0.717, 1.165) is 0 Å². The summed E-state index contributed by atoms with van der Waals surface area (Å²) in [6.45, 7) is 0. The zero-order valence-corrected chi connectivity index (χ0v) is 7.65. The molecule has 0 saturated heterocycles. The number of methoxy groups -OCH3 is 2. The Bertz CT molecular complexity index is 13.0. The van der Waals surface area contributed by atoms with Crippen LogP contribution in [-0.4, -0.2) is 14.2 Å². The van der Waals surface area contributed by atoms with Crippen LogP contribution in [0.2, 0.25) is 0 Å². The van der Waals surface area contributed by atoms with Crippen LogP contribution in [0.4, 0.5) is 0 Å². The van der Waals surface area contributed by atoms with Crippen molar-refractivity contribution in [2.45, 2.75) is 14.9 Å². The van der Waals surface area contributed by atoms with E-state index in [9.17, 15) is 0 Å². The molecule has 1 radical (unpaired) electrons.